The van der Waals surface area contributed by atoms with Crippen molar-refractivity contribution in [3.05, 3.63) is 30.5 Å². The summed E-state index contributed by atoms with van der Waals surface area (Å²) in [5.74, 6) is 0.900. The smallest absolute Gasteiger partial charge is 0.244 e. The number of amides is 1. The number of hydrogen-bond acceptors (Lipinski definition) is 4. The number of likely N-dealkylation sites (N-methyl/N-ethyl adjacent to an activating group) is 1. The highest BCUT2D eigenvalue weighted by Gasteiger charge is 2.30. The highest BCUT2D eigenvalue weighted by Crippen LogP contribution is 2.32. The Labute approximate surface area is 124 Å². The summed E-state index contributed by atoms with van der Waals surface area (Å²) in [6.07, 6.45) is 1.77. The Bertz CT molecular complexity index is 686. The van der Waals surface area contributed by atoms with E-state index >= 15 is 0 Å². The fraction of sp³-hybridized carbons (Fsp3) is 0.375. The van der Waals surface area contributed by atoms with Gasteiger partial charge in [-0.3, -0.25) is 9.78 Å². The molecule has 2 aromatic rings. The van der Waals surface area contributed by atoms with Crippen LogP contribution in [-0.4, -0.2) is 49.1 Å². The number of nitrogens with zero attached hydrogens (tertiary/aromatic N) is 3. The molecule has 1 aliphatic rings. The standard InChI is InChI=1S/C16H19N3O2/c1-11-16(20)18(2)9-10-19(11)13-7-8-17-15-12(13)5-4-6-14(15)21-3/h4-8,11H,9-10H2,1-3H3/t11-/m1/s1. The Morgan fingerprint density at radius 1 is 1.29 bits per heavy atom. The van der Waals surface area contributed by atoms with Gasteiger partial charge in [-0.2, -0.15) is 0 Å². The van der Waals surface area contributed by atoms with Gasteiger partial charge in [0.05, 0.1) is 7.11 Å². The number of para-hydroxylation sites is 1. The van der Waals surface area contributed by atoms with Gasteiger partial charge in [-0.1, -0.05) is 12.1 Å². The molecule has 0 radical (unpaired) electrons. The first-order chi connectivity index (χ1) is 10.1. The second-order valence-electron chi connectivity index (χ2n) is 5.32. The van der Waals surface area contributed by atoms with E-state index in [9.17, 15) is 4.79 Å². The molecule has 1 amide bonds. The fourth-order valence-electron chi connectivity index (χ4n) is 2.89. The van der Waals surface area contributed by atoms with Gasteiger partial charge in [0.25, 0.3) is 0 Å². The molecule has 1 aromatic carbocycles. The zero-order chi connectivity index (χ0) is 15.0. The number of methoxy groups -OCH3 is 1. The van der Waals surface area contributed by atoms with Crippen molar-refractivity contribution in [1.29, 1.82) is 0 Å². The third-order valence-corrected chi connectivity index (χ3v) is 4.12. The molecule has 0 aliphatic carbocycles. The van der Waals surface area contributed by atoms with Crippen LogP contribution in [0, 0.1) is 0 Å². The second-order valence-corrected chi connectivity index (χ2v) is 5.32. The van der Waals surface area contributed by atoms with E-state index in [0.717, 1.165) is 35.4 Å². The number of carbonyl (C=O) groups is 1. The van der Waals surface area contributed by atoms with Crippen LogP contribution in [0.4, 0.5) is 5.69 Å². The SMILES string of the molecule is COc1cccc2c(N3CCN(C)C(=O)[C@H]3C)ccnc12. The van der Waals surface area contributed by atoms with Crippen molar-refractivity contribution in [2.24, 2.45) is 0 Å². The van der Waals surface area contributed by atoms with Crippen LogP contribution in [0.3, 0.4) is 0 Å². The number of aromatic nitrogens is 1. The summed E-state index contributed by atoms with van der Waals surface area (Å²) in [6.45, 7) is 3.50. The summed E-state index contributed by atoms with van der Waals surface area (Å²) >= 11 is 0. The Balaban J connectivity index is 2.11. The second kappa shape index (κ2) is 5.24. The zero-order valence-corrected chi connectivity index (χ0v) is 12.5. The Morgan fingerprint density at radius 3 is 2.86 bits per heavy atom. The molecule has 21 heavy (non-hydrogen) atoms. The number of ether oxygens (including phenoxy) is 1. The minimum Gasteiger partial charge on any atom is -0.494 e. The lowest BCUT2D eigenvalue weighted by atomic mass is 10.1. The molecule has 1 aliphatic heterocycles. The van der Waals surface area contributed by atoms with Crippen molar-refractivity contribution >= 4 is 22.5 Å². The number of rotatable bonds is 2. The van der Waals surface area contributed by atoms with Gasteiger partial charge in [-0.15, -0.1) is 0 Å². The van der Waals surface area contributed by atoms with Gasteiger partial charge in [0, 0.05) is 37.4 Å². The molecule has 5 heteroatoms. The van der Waals surface area contributed by atoms with Gasteiger partial charge in [0.15, 0.2) is 0 Å². The molecule has 3 rings (SSSR count). The Kier molecular flexibility index (Phi) is 3.41. The number of pyridine rings is 1. The third kappa shape index (κ3) is 2.18. The highest BCUT2D eigenvalue weighted by atomic mass is 16.5. The monoisotopic (exact) mass is 285 g/mol. The summed E-state index contributed by atoms with van der Waals surface area (Å²) < 4.78 is 5.38. The van der Waals surface area contributed by atoms with Gasteiger partial charge in [0.1, 0.15) is 17.3 Å². The van der Waals surface area contributed by atoms with Crippen LogP contribution in [0.5, 0.6) is 5.75 Å². The van der Waals surface area contributed by atoms with Crippen molar-refractivity contribution in [2.45, 2.75) is 13.0 Å². The maximum atomic E-state index is 12.2. The predicted molar refractivity (Wildman–Crippen MR) is 82.7 cm³/mol. The minimum absolute atomic E-state index is 0.147. The van der Waals surface area contributed by atoms with Gasteiger partial charge in [0.2, 0.25) is 5.91 Å². The van der Waals surface area contributed by atoms with Crippen molar-refractivity contribution in [3.63, 3.8) is 0 Å². The van der Waals surface area contributed by atoms with Crippen LogP contribution in [-0.2, 0) is 4.79 Å². The zero-order valence-electron chi connectivity index (χ0n) is 12.5. The van der Waals surface area contributed by atoms with Gasteiger partial charge < -0.3 is 14.5 Å². The van der Waals surface area contributed by atoms with E-state index < -0.39 is 0 Å². The third-order valence-electron chi connectivity index (χ3n) is 4.12. The molecule has 0 spiro atoms. The number of piperazine rings is 1. The summed E-state index contributed by atoms with van der Waals surface area (Å²) in [5, 5.41) is 1.01. The molecule has 0 saturated carbocycles. The average Bonchev–Trinajstić information content (AvgIpc) is 2.52. The molecule has 0 unspecified atom stereocenters. The van der Waals surface area contributed by atoms with E-state index in [4.69, 9.17) is 4.74 Å². The lowest BCUT2D eigenvalue weighted by molar-refractivity contribution is -0.132. The molecule has 5 nitrogen and oxygen atoms in total. The van der Waals surface area contributed by atoms with Crippen molar-refractivity contribution < 1.29 is 9.53 Å². The van der Waals surface area contributed by atoms with Crippen molar-refractivity contribution in [2.75, 3.05) is 32.1 Å². The van der Waals surface area contributed by atoms with Gasteiger partial charge in [-0.05, 0) is 19.1 Å². The Morgan fingerprint density at radius 2 is 2.10 bits per heavy atom. The van der Waals surface area contributed by atoms with Crippen LogP contribution in [0.15, 0.2) is 30.5 Å². The lowest BCUT2D eigenvalue weighted by Crippen LogP contribution is -2.54. The molecule has 1 atom stereocenters. The summed E-state index contributed by atoms with van der Waals surface area (Å²) in [5.41, 5.74) is 1.86. The lowest BCUT2D eigenvalue weighted by Gasteiger charge is -2.39. The number of hydrogen-bond donors (Lipinski definition) is 0. The van der Waals surface area contributed by atoms with Crippen molar-refractivity contribution in [1.82, 2.24) is 9.88 Å². The van der Waals surface area contributed by atoms with E-state index in [0.29, 0.717) is 0 Å². The first-order valence-corrected chi connectivity index (χ1v) is 7.07. The first-order valence-electron chi connectivity index (χ1n) is 7.07. The van der Waals surface area contributed by atoms with Gasteiger partial charge >= 0.3 is 0 Å². The van der Waals surface area contributed by atoms with Crippen LogP contribution in [0.25, 0.3) is 10.9 Å². The van der Waals surface area contributed by atoms with Gasteiger partial charge in [-0.25, -0.2) is 0 Å². The summed E-state index contributed by atoms with van der Waals surface area (Å²) in [4.78, 5) is 20.6. The molecule has 0 N–H and O–H groups in total. The number of carbonyl (C=O) groups excluding carboxylic acids is 1. The van der Waals surface area contributed by atoms with Crippen LogP contribution in [0.1, 0.15) is 6.92 Å². The van der Waals surface area contributed by atoms with Crippen molar-refractivity contribution in [3.8, 4) is 5.75 Å². The van der Waals surface area contributed by atoms with Crippen LogP contribution >= 0.6 is 0 Å². The number of benzene rings is 1. The minimum atomic E-state index is -0.166. The van der Waals surface area contributed by atoms with E-state index in [1.165, 1.54) is 0 Å². The number of fused-ring (bicyclic) bond motifs is 1. The molecule has 2 heterocycles. The molecular formula is C16H19N3O2. The molecule has 0 bridgehead atoms. The Hall–Kier alpha value is -2.30. The normalized spacial score (nSPS) is 19.2. The summed E-state index contributed by atoms with van der Waals surface area (Å²) in [6, 6.07) is 7.68. The molecule has 1 saturated heterocycles. The largest absolute Gasteiger partial charge is 0.494 e. The maximum Gasteiger partial charge on any atom is 0.244 e. The fourth-order valence-corrected chi connectivity index (χ4v) is 2.89. The molecule has 1 aromatic heterocycles. The predicted octanol–water partition coefficient (Wildman–Crippen LogP) is 1.91. The quantitative estimate of drug-likeness (QED) is 0.845. The molecular weight excluding hydrogens is 266 g/mol. The van der Waals surface area contributed by atoms with E-state index in [1.54, 1.807) is 18.2 Å². The topological polar surface area (TPSA) is 45.7 Å². The molecule has 110 valence electrons. The van der Waals surface area contributed by atoms with E-state index in [2.05, 4.69) is 9.88 Å². The van der Waals surface area contributed by atoms with Crippen LogP contribution in [0.2, 0.25) is 0 Å². The molecule has 1 fully saturated rings. The average molecular weight is 285 g/mol. The maximum absolute atomic E-state index is 12.2. The van der Waals surface area contributed by atoms with Crippen LogP contribution < -0.4 is 9.64 Å². The van der Waals surface area contributed by atoms with E-state index in [1.807, 2.05) is 38.2 Å². The highest BCUT2D eigenvalue weighted by molar-refractivity contribution is 5.97. The first kappa shape index (κ1) is 13.7. The van der Waals surface area contributed by atoms with E-state index in [-0.39, 0.29) is 11.9 Å². The summed E-state index contributed by atoms with van der Waals surface area (Å²) in [7, 11) is 3.50. The number of anilines is 1.